The van der Waals surface area contributed by atoms with Crippen LogP contribution in [0.15, 0.2) is 46.9 Å². The molecule has 0 unspecified atom stereocenters. The van der Waals surface area contributed by atoms with Gasteiger partial charge in [-0.15, -0.1) is 0 Å². The van der Waals surface area contributed by atoms with Gasteiger partial charge in [0.25, 0.3) is 5.91 Å². The molecular weight excluding hydrogens is 436 g/mol. The Balaban J connectivity index is 2.16. The quantitative estimate of drug-likeness (QED) is 0.636. The molecule has 0 saturated carbocycles. The van der Waals surface area contributed by atoms with Crippen LogP contribution < -0.4 is 0 Å². The monoisotopic (exact) mass is 447 g/mol. The average Bonchev–Trinajstić information content (AvgIpc) is 2.38. The number of amides is 1. The van der Waals surface area contributed by atoms with Crippen molar-refractivity contribution in [2.75, 3.05) is 7.05 Å². The highest BCUT2D eigenvalue weighted by atomic mass is 127. The van der Waals surface area contributed by atoms with Gasteiger partial charge >= 0.3 is 0 Å². The van der Waals surface area contributed by atoms with Crippen molar-refractivity contribution in [1.29, 1.82) is 0 Å². The van der Waals surface area contributed by atoms with Gasteiger partial charge in [-0.05, 0) is 58.5 Å². The van der Waals surface area contributed by atoms with Gasteiger partial charge in [0.05, 0.1) is 5.56 Å². The molecule has 0 aliphatic carbocycles. The Labute approximate surface area is 139 Å². The minimum Gasteiger partial charge on any atom is -0.337 e. The average molecular weight is 448 g/mol. The van der Waals surface area contributed by atoms with Gasteiger partial charge in [-0.3, -0.25) is 4.79 Å². The number of rotatable bonds is 3. The Bertz CT molecular complexity index is 648. The number of hydrogen-bond donors (Lipinski definition) is 0. The second-order valence-electron chi connectivity index (χ2n) is 4.42. The van der Waals surface area contributed by atoms with Crippen molar-refractivity contribution in [3.05, 3.63) is 67.5 Å². The van der Waals surface area contributed by atoms with Gasteiger partial charge in [-0.2, -0.15) is 0 Å². The van der Waals surface area contributed by atoms with Crippen molar-refractivity contribution < 1.29 is 9.18 Å². The van der Waals surface area contributed by atoms with Crippen LogP contribution in [0.4, 0.5) is 4.39 Å². The zero-order valence-corrected chi connectivity index (χ0v) is 14.5. The molecule has 0 fully saturated rings. The van der Waals surface area contributed by atoms with Crippen LogP contribution in [0.3, 0.4) is 0 Å². The Morgan fingerprint density at radius 3 is 2.70 bits per heavy atom. The van der Waals surface area contributed by atoms with Crippen molar-refractivity contribution in [2.24, 2.45) is 0 Å². The zero-order chi connectivity index (χ0) is 14.7. The van der Waals surface area contributed by atoms with E-state index in [1.54, 1.807) is 11.9 Å². The molecule has 0 aromatic heterocycles. The maximum Gasteiger partial charge on any atom is 0.254 e. The summed E-state index contributed by atoms with van der Waals surface area (Å²) in [5.74, 6) is -0.449. The maximum atomic E-state index is 13.1. The summed E-state index contributed by atoms with van der Waals surface area (Å²) in [5, 5.41) is 0. The lowest BCUT2D eigenvalue weighted by atomic mass is 10.1. The third kappa shape index (κ3) is 3.79. The molecule has 2 rings (SSSR count). The summed E-state index contributed by atoms with van der Waals surface area (Å²) >= 11 is 5.38. The molecule has 104 valence electrons. The Morgan fingerprint density at radius 2 is 2.05 bits per heavy atom. The summed E-state index contributed by atoms with van der Waals surface area (Å²) in [7, 11) is 1.74. The Kier molecular flexibility index (Phi) is 5.15. The molecule has 0 spiro atoms. The molecule has 0 heterocycles. The summed E-state index contributed by atoms with van der Waals surface area (Å²) in [6.45, 7) is 0.506. The minimum absolute atomic E-state index is 0.116. The number of carbonyl (C=O) groups is 1. The number of benzene rings is 2. The van der Waals surface area contributed by atoms with Gasteiger partial charge in [0.1, 0.15) is 5.82 Å². The summed E-state index contributed by atoms with van der Waals surface area (Å²) in [5.41, 5.74) is 1.55. The van der Waals surface area contributed by atoms with Crippen molar-refractivity contribution in [2.45, 2.75) is 6.54 Å². The number of hydrogen-bond acceptors (Lipinski definition) is 1. The van der Waals surface area contributed by atoms with Gasteiger partial charge in [-0.25, -0.2) is 4.39 Å². The normalized spacial score (nSPS) is 10.4. The molecule has 0 aliphatic heterocycles. The predicted octanol–water partition coefficient (Wildman–Crippen LogP) is 4.47. The lowest BCUT2D eigenvalue weighted by Crippen LogP contribution is -2.26. The third-order valence-corrected chi connectivity index (χ3v) is 4.20. The lowest BCUT2D eigenvalue weighted by Gasteiger charge is -2.18. The van der Waals surface area contributed by atoms with E-state index in [2.05, 4.69) is 15.9 Å². The summed E-state index contributed by atoms with van der Waals surface area (Å²) in [4.78, 5) is 14.0. The van der Waals surface area contributed by atoms with Gasteiger partial charge in [-0.1, -0.05) is 28.1 Å². The van der Waals surface area contributed by atoms with E-state index in [4.69, 9.17) is 0 Å². The second-order valence-corrected chi connectivity index (χ2v) is 6.49. The van der Waals surface area contributed by atoms with Gasteiger partial charge in [0.2, 0.25) is 0 Å². The van der Waals surface area contributed by atoms with Crippen LogP contribution in [0.1, 0.15) is 15.9 Å². The van der Waals surface area contributed by atoms with Crippen LogP contribution in [0.25, 0.3) is 0 Å². The van der Waals surface area contributed by atoms with Crippen LogP contribution in [0.5, 0.6) is 0 Å². The maximum absolute atomic E-state index is 13.1. The molecule has 0 bridgehead atoms. The fourth-order valence-electron chi connectivity index (χ4n) is 1.85. The van der Waals surface area contributed by atoms with E-state index in [1.165, 1.54) is 18.2 Å². The van der Waals surface area contributed by atoms with E-state index in [-0.39, 0.29) is 11.7 Å². The van der Waals surface area contributed by atoms with Gasteiger partial charge < -0.3 is 4.90 Å². The predicted molar refractivity (Wildman–Crippen MR) is 89.1 cm³/mol. The number of nitrogens with zero attached hydrogens (tertiary/aromatic N) is 1. The highest BCUT2D eigenvalue weighted by molar-refractivity contribution is 14.1. The Morgan fingerprint density at radius 1 is 1.30 bits per heavy atom. The zero-order valence-electron chi connectivity index (χ0n) is 10.7. The van der Waals surface area contributed by atoms with E-state index < -0.39 is 0 Å². The Hall–Kier alpha value is -0.950. The molecule has 0 radical (unpaired) electrons. The molecule has 5 heteroatoms. The number of carbonyl (C=O) groups excluding carboxylic acids is 1. The standard InChI is InChI=1S/C15H12BrFINO/c1-19(9-10-3-2-4-11(16)7-10)15(20)13-6-5-12(17)8-14(13)18/h2-8H,9H2,1H3. The van der Waals surface area contributed by atoms with E-state index in [0.29, 0.717) is 15.7 Å². The topological polar surface area (TPSA) is 20.3 Å². The molecule has 2 aromatic carbocycles. The molecule has 0 aliphatic rings. The van der Waals surface area contributed by atoms with Crippen LogP contribution in [0.2, 0.25) is 0 Å². The molecule has 0 saturated heterocycles. The molecule has 0 atom stereocenters. The molecule has 2 aromatic rings. The SMILES string of the molecule is CN(Cc1cccc(Br)c1)C(=O)c1ccc(F)cc1I. The van der Waals surface area contributed by atoms with Crippen molar-refractivity contribution in [3.63, 3.8) is 0 Å². The molecule has 1 amide bonds. The highest BCUT2D eigenvalue weighted by Gasteiger charge is 2.15. The van der Waals surface area contributed by atoms with Gasteiger partial charge in [0, 0.05) is 21.6 Å². The fraction of sp³-hybridized carbons (Fsp3) is 0.133. The van der Waals surface area contributed by atoms with Crippen LogP contribution in [-0.2, 0) is 6.54 Å². The van der Waals surface area contributed by atoms with Crippen LogP contribution in [-0.4, -0.2) is 17.9 Å². The third-order valence-electron chi connectivity index (χ3n) is 2.82. The summed E-state index contributed by atoms with van der Waals surface area (Å²) in [6, 6.07) is 12.0. The molecule has 0 N–H and O–H groups in total. The van der Waals surface area contributed by atoms with Crippen LogP contribution >= 0.6 is 38.5 Å². The van der Waals surface area contributed by atoms with Crippen LogP contribution in [0, 0.1) is 9.39 Å². The first-order valence-electron chi connectivity index (χ1n) is 5.92. The second kappa shape index (κ2) is 6.67. The largest absolute Gasteiger partial charge is 0.337 e. The molecule has 20 heavy (non-hydrogen) atoms. The molecular formula is C15H12BrFINO. The van der Waals surface area contributed by atoms with E-state index in [0.717, 1.165) is 10.0 Å². The van der Waals surface area contributed by atoms with E-state index in [1.807, 2.05) is 46.9 Å². The first-order chi connectivity index (χ1) is 9.47. The fourth-order valence-corrected chi connectivity index (χ4v) is 3.00. The van der Waals surface area contributed by atoms with Gasteiger partial charge in [0.15, 0.2) is 0 Å². The summed E-state index contributed by atoms with van der Waals surface area (Å²) < 4.78 is 14.7. The summed E-state index contributed by atoms with van der Waals surface area (Å²) in [6.07, 6.45) is 0. The first-order valence-corrected chi connectivity index (χ1v) is 7.79. The smallest absolute Gasteiger partial charge is 0.254 e. The van der Waals surface area contributed by atoms with Crippen molar-refractivity contribution in [3.8, 4) is 0 Å². The number of halogens is 3. The van der Waals surface area contributed by atoms with Crippen molar-refractivity contribution >= 4 is 44.4 Å². The van der Waals surface area contributed by atoms with E-state index in [9.17, 15) is 9.18 Å². The highest BCUT2D eigenvalue weighted by Crippen LogP contribution is 2.18. The lowest BCUT2D eigenvalue weighted by molar-refractivity contribution is 0.0784. The molecule has 2 nitrogen and oxygen atoms in total. The first kappa shape index (κ1) is 15.4. The van der Waals surface area contributed by atoms with E-state index >= 15 is 0 Å². The van der Waals surface area contributed by atoms with Crippen molar-refractivity contribution in [1.82, 2.24) is 4.90 Å². The minimum atomic E-state index is -0.333.